The molecule has 0 bridgehead atoms. The van der Waals surface area contributed by atoms with Gasteiger partial charge in [0.2, 0.25) is 5.95 Å². The lowest BCUT2D eigenvalue weighted by Crippen LogP contribution is -2.14. The summed E-state index contributed by atoms with van der Waals surface area (Å²) in [6.07, 6.45) is -0.555. The lowest BCUT2D eigenvalue weighted by molar-refractivity contribution is -0.143. The minimum Gasteiger partial charge on any atom is -0.466 e. The van der Waals surface area contributed by atoms with E-state index in [1.807, 2.05) is 10.7 Å². The number of rotatable bonds is 9. The Morgan fingerprint density at radius 1 is 1.32 bits per heavy atom. The summed E-state index contributed by atoms with van der Waals surface area (Å²) >= 11 is 0. The molecule has 2 fully saturated rings. The summed E-state index contributed by atoms with van der Waals surface area (Å²) in [5.41, 5.74) is -0.0430. The number of carbonyl (C=O) groups excluding carboxylic acids is 1. The Morgan fingerprint density at radius 3 is 2.74 bits per heavy atom. The highest BCUT2D eigenvalue weighted by atomic mass is 19.4. The summed E-state index contributed by atoms with van der Waals surface area (Å²) in [6.45, 7) is 4.14. The second kappa shape index (κ2) is 8.35. The van der Waals surface area contributed by atoms with Crippen LogP contribution in [0.1, 0.15) is 62.7 Å². The van der Waals surface area contributed by atoms with Gasteiger partial charge in [0.05, 0.1) is 18.3 Å². The van der Waals surface area contributed by atoms with Crippen molar-refractivity contribution in [1.29, 1.82) is 0 Å². The number of anilines is 3. The number of nitrogens with one attached hydrogen (secondary N) is 2. The summed E-state index contributed by atoms with van der Waals surface area (Å²) in [5, 5.41) is 10.4. The van der Waals surface area contributed by atoms with E-state index in [1.165, 1.54) is 0 Å². The van der Waals surface area contributed by atoms with E-state index in [9.17, 15) is 18.0 Å². The zero-order valence-electron chi connectivity index (χ0n) is 17.4. The Morgan fingerprint density at radius 2 is 2.10 bits per heavy atom. The standard InChI is InChI=1S/C20H25F3N6O2/c1-3-24-18-14(20(21,22)23)10-25-19(27-18)26-16-9-15(28-29(16)12-5-6-12)13-7-11(13)8-17(30)31-4-2/h9-13H,3-8H2,1-2H3,(H2,24,25,26,27)/t11?,13-/m0/s1. The van der Waals surface area contributed by atoms with Crippen molar-refractivity contribution < 1.29 is 22.7 Å². The predicted octanol–water partition coefficient (Wildman–Crippen LogP) is 4.26. The molecule has 11 heteroatoms. The fourth-order valence-electron chi connectivity index (χ4n) is 3.62. The first-order valence-electron chi connectivity index (χ1n) is 10.5. The van der Waals surface area contributed by atoms with Crippen LogP contribution in [0.25, 0.3) is 0 Å². The average molecular weight is 438 g/mol. The van der Waals surface area contributed by atoms with Gasteiger partial charge in [-0.2, -0.15) is 23.3 Å². The average Bonchev–Trinajstić information content (AvgIpc) is 3.62. The first kappa shape index (κ1) is 21.4. The maximum atomic E-state index is 13.2. The van der Waals surface area contributed by atoms with Gasteiger partial charge < -0.3 is 15.4 Å². The van der Waals surface area contributed by atoms with Crippen LogP contribution in [0.5, 0.6) is 0 Å². The molecule has 168 valence electrons. The predicted molar refractivity (Wildman–Crippen MR) is 107 cm³/mol. The van der Waals surface area contributed by atoms with E-state index < -0.39 is 11.7 Å². The number of hydrogen-bond donors (Lipinski definition) is 2. The molecule has 8 nitrogen and oxygen atoms in total. The Kier molecular flexibility index (Phi) is 5.76. The van der Waals surface area contributed by atoms with Crippen molar-refractivity contribution >= 4 is 23.6 Å². The zero-order chi connectivity index (χ0) is 22.2. The van der Waals surface area contributed by atoms with Crippen LogP contribution in [-0.2, 0) is 15.7 Å². The molecule has 2 heterocycles. The number of nitrogens with zero attached hydrogens (tertiary/aromatic N) is 4. The van der Waals surface area contributed by atoms with Gasteiger partial charge in [0, 0.05) is 31.1 Å². The first-order chi connectivity index (χ1) is 14.8. The number of aromatic nitrogens is 4. The van der Waals surface area contributed by atoms with E-state index >= 15 is 0 Å². The van der Waals surface area contributed by atoms with E-state index in [4.69, 9.17) is 9.84 Å². The first-order valence-corrected chi connectivity index (χ1v) is 10.5. The molecule has 2 atom stereocenters. The molecular formula is C20H25F3N6O2. The van der Waals surface area contributed by atoms with Crippen LogP contribution in [0, 0.1) is 5.92 Å². The molecule has 2 N–H and O–H groups in total. The molecule has 0 radical (unpaired) electrons. The highest BCUT2D eigenvalue weighted by Crippen LogP contribution is 2.50. The quantitative estimate of drug-likeness (QED) is 0.565. The maximum absolute atomic E-state index is 13.2. The fraction of sp³-hybridized carbons (Fsp3) is 0.600. The van der Waals surface area contributed by atoms with Crippen LogP contribution in [-0.4, -0.2) is 38.9 Å². The second-order valence-electron chi connectivity index (χ2n) is 7.85. The molecule has 2 aromatic heterocycles. The van der Waals surface area contributed by atoms with Gasteiger partial charge in [0.25, 0.3) is 0 Å². The normalized spacial score (nSPS) is 20.4. The van der Waals surface area contributed by atoms with Gasteiger partial charge in [-0.15, -0.1) is 0 Å². The van der Waals surface area contributed by atoms with Crippen molar-refractivity contribution in [2.75, 3.05) is 23.8 Å². The number of ether oxygens (including phenoxy) is 1. The zero-order valence-corrected chi connectivity index (χ0v) is 17.4. The molecule has 31 heavy (non-hydrogen) atoms. The largest absolute Gasteiger partial charge is 0.466 e. The van der Waals surface area contributed by atoms with Crippen molar-refractivity contribution in [2.24, 2.45) is 5.92 Å². The van der Waals surface area contributed by atoms with E-state index in [0.29, 0.717) is 25.4 Å². The Bertz CT molecular complexity index is 957. The minimum absolute atomic E-state index is 0.0659. The molecular weight excluding hydrogens is 413 g/mol. The van der Waals surface area contributed by atoms with Gasteiger partial charge in [-0.05, 0) is 39.0 Å². The van der Waals surface area contributed by atoms with Crippen LogP contribution in [0.3, 0.4) is 0 Å². The fourth-order valence-corrected chi connectivity index (χ4v) is 3.62. The topological polar surface area (TPSA) is 94.0 Å². The van der Waals surface area contributed by atoms with Crippen molar-refractivity contribution in [3.05, 3.63) is 23.5 Å². The molecule has 0 aromatic carbocycles. The molecule has 2 saturated carbocycles. The lowest BCUT2D eigenvalue weighted by atomic mass is 10.2. The molecule has 2 aliphatic rings. The Hall–Kier alpha value is -2.85. The number of hydrogen-bond acceptors (Lipinski definition) is 7. The lowest BCUT2D eigenvalue weighted by Gasteiger charge is -2.14. The van der Waals surface area contributed by atoms with Gasteiger partial charge in [-0.3, -0.25) is 4.79 Å². The van der Waals surface area contributed by atoms with Gasteiger partial charge in [0.15, 0.2) is 0 Å². The van der Waals surface area contributed by atoms with Crippen molar-refractivity contribution in [3.63, 3.8) is 0 Å². The molecule has 2 aromatic rings. The SMILES string of the molecule is CCNc1nc(Nc2cc([C@H]3CC3CC(=O)OCC)nn2C2CC2)ncc1C(F)(F)F. The number of alkyl halides is 3. The maximum Gasteiger partial charge on any atom is 0.421 e. The Labute approximate surface area is 177 Å². The van der Waals surface area contributed by atoms with Gasteiger partial charge in [0.1, 0.15) is 17.2 Å². The highest BCUT2D eigenvalue weighted by Gasteiger charge is 2.43. The summed E-state index contributed by atoms with van der Waals surface area (Å²) in [4.78, 5) is 19.6. The summed E-state index contributed by atoms with van der Waals surface area (Å²) in [7, 11) is 0. The van der Waals surface area contributed by atoms with Gasteiger partial charge >= 0.3 is 12.1 Å². The smallest absolute Gasteiger partial charge is 0.421 e. The van der Waals surface area contributed by atoms with E-state index in [2.05, 4.69) is 20.6 Å². The van der Waals surface area contributed by atoms with Crippen molar-refractivity contribution in [3.8, 4) is 0 Å². The third-order valence-corrected chi connectivity index (χ3v) is 5.36. The van der Waals surface area contributed by atoms with Crippen molar-refractivity contribution in [2.45, 2.75) is 57.7 Å². The molecule has 0 aliphatic heterocycles. The molecule has 0 saturated heterocycles. The molecule has 0 amide bonds. The van der Waals surface area contributed by atoms with Crippen molar-refractivity contribution in [1.82, 2.24) is 19.7 Å². The van der Waals surface area contributed by atoms with E-state index in [-0.39, 0.29) is 35.6 Å². The molecule has 2 aliphatic carbocycles. The molecule has 4 rings (SSSR count). The van der Waals surface area contributed by atoms with E-state index in [1.54, 1.807) is 13.8 Å². The van der Waals surface area contributed by atoms with Crippen LogP contribution < -0.4 is 10.6 Å². The van der Waals surface area contributed by atoms with Gasteiger partial charge in [-0.25, -0.2) is 9.67 Å². The molecule has 1 unspecified atom stereocenters. The second-order valence-corrected chi connectivity index (χ2v) is 7.85. The van der Waals surface area contributed by atoms with Crippen LogP contribution >= 0.6 is 0 Å². The summed E-state index contributed by atoms with van der Waals surface area (Å²) < 4.78 is 46.5. The summed E-state index contributed by atoms with van der Waals surface area (Å²) in [6, 6.07) is 2.13. The number of halogens is 3. The number of esters is 1. The van der Waals surface area contributed by atoms with Crippen LogP contribution in [0.15, 0.2) is 12.3 Å². The molecule has 0 spiro atoms. The van der Waals surface area contributed by atoms with Gasteiger partial charge in [-0.1, -0.05) is 0 Å². The highest BCUT2D eigenvalue weighted by molar-refractivity contribution is 5.70. The van der Waals surface area contributed by atoms with Crippen LogP contribution in [0.4, 0.5) is 30.8 Å². The summed E-state index contributed by atoms with van der Waals surface area (Å²) in [5.74, 6) is 0.622. The van der Waals surface area contributed by atoms with E-state index in [0.717, 1.165) is 31.2 Å². The van der Waals surface area contributed by atoms with Crippen LogP contribution in [0.2, 0.25) is 0 Å². The third-order valence-electron chi connectivity index (χ3n) is 5.36. The third kappa shape index (κ3) is 4.91. The monoisotopic (exact) mass is 438 g/mol. The Balaban J connectivity index is 1.53. The number of carbonyl (C=O) groups is 1. The minimum atomic E-state index is -4.54.